The van der Waals surface area contributed by atoms with Gasteiger partial charge >= 0.3 is 0 Å². The number of piperazine rings is 1. The van der Waals surface area contributed by atoms with E-state index in [-0.39, 0.29) is 30.6 Å². The van der Waals surface area contributed by atoms with Gasteiger partial charge in [0.05, 0.1) is 31.3 Å². The van der Waals surface area contributed by atoms with Crippen LogP contribution in [0.2, 0.25) is 0 Å². The Morgan fingerprint density at radius 3 is 2.35 bits per heavy atom. The largest absolute Gasteiger partial charge is 0.508 e. The smallest absolute Gasteiger partial charge is 0.257 e. The second-order valence-electron chi connectivity index (χ2n) is 6.23. The van der Waals surface area contributed by atoms with Crippen LogP contribution >= 0.6 is 0 Å². The molecule has 1 aliphatic rings. The van der Waals surface area contributed by atoms with E-state index < -0.39 is 0 Å². The van der Waals surface area contributed by atoms with Gasteiger partial charge in [0.2, 0.25) is 5.91 Å². The number of phenolic OH excluding ortho intramolecular Hbond substituents is 1. The van der Waals surface area contributed by atoms with E-state index in [1.54, 1.807) is 40.3 Å². The molecule has 2 amide bonds. The zero-order valence-corrected chi connectivity index (χ0v) is 14.4. The quantitative estimate of drug-likeness (QED) is 0.790. The van der Waals surface area contributed by atoms with Crippen LogP contribution in [-0.2, 0) is 17.8 Å². The maximum absolute atomic E-state index is 12.5. The second-order valence-corrected chi connectivity index (χ2v) is 6.23. The van der Waals surface area contributed by atoms with Crippen molar-refractivity contribution in [1.82, 2.24) is 19.6 Å². The van der Waals surface area contributed by atoms with Crippen molar-refractivity contribution in [3.8, 4) is 5.75 Å². The third-order valence-corrected chi connectivity index (χ3v) is 4.42. The number of aromatic nitrogens is 2. The van der Waals surface area contributed by atoms with Gasteiger partial charge in [-0.1, -0.05) is 12.1 Å². The summed E-state index contributed by atoms with van der Waals surface area (Å²) < 4.78 is 1.53. The number of phenols is 1. The molecular formula is C18H22N4O4. The Morgan fingerprint density at radius 2 is 1.69 bits per heavy atom. The topological polar surface area (TPSA) is 98.9 Å². The SMILES string of the molecule is O=C(Cc1ccc(O)cc1)N1CCN(C(=O)c2cnn(CCO)c2)CC1. The third kappa shape index (κ3) is 4.20. The minimum absolute atomic E-state index is 0.0126. The van der Waals surface area contributed by atoms with E-state index in [4.69, 9.17) is 5.11 Å². The number of aliphatic hydroxyl groups excluding tert-OH is 1. The second kappa shape index (κ2) is 8.01. The number of aromatic hydroxyl groups is 1. The Morgan fingerprint density at radius 1 is 1.04 bits per heavy atom. The Kier molecular flexibility index (Phi) is 5.52. The predicted molar refractivity (Wildman–Crippen MR) is 93.6 cm³/mol. The van der Waals surface area contributed by atoms with Gasteiger partial charge in [0, 0.05) is 32.4 Å². The summed E-state index contributed by atoms with van der Waals surface area (Å²) in [5.41, 5.74) is 1.34. The first-order chi connectivity index (χ1) is 12.6. The minimum Gasteiger partial charge on any atom is -0.508 e. The molecule has 2 aromatic rings. The van der Waals surface area contributed by atoms with Crippen LogP contribution in [0, 0.1) is 0 Å². The Bertz CT molecular complexity index is 764. The van der Waals surface area contributed by atoms with Gasteiger partial charge in [-0.3, -0.25) is 14.3 Å². The summed E-state index contributed by atoms with van der Waals surface area (Å²) in [5, 5.41) is 22.3. The van der Waals surface area contributed by atoms with Crippen LogP contribution in [0.5, 0.6) is 5.75 Å². The van der Waals surface area contributed by atoms with Crippen molar-refractivity contribution in [2.45, 2.75) is 13.0 Å². The van der Waals surface area contributed by atoms with E-state index in [9.17, 15) is 14.7 Å². The highest BCUT2D eigenvalue weighted by atomic mass is 16.3. The number of hydrogen-bond acceptors (Lipinski definition) is 5. The van der Waals surface area contributed by atoms with Gasteiger partial charge < -0.3 is 20.0 Å². The van der Waals surface area contributed by atoms with Crippen LogP contribution in [0.4, 0.5) is 0 Å². The average Bonchev–Trinajstić information content (AvgIpc) is 3.12. The number of benzene rings is 1. The molecule has 1 fully saturated rings. The van der Waals surface area contributed by atoms with E-state index in [1.165, 1.54) is 10.9 Å². The van der Waals surface area contributed by atoms with Crippen molar-refractivity contribution in [3.05, 3.63) is 47.8 Å². The first kappa shape index (κ1) is 17.9. The van der Waals surface area contributed by atoms with Crippen LogP contribution < -0.4 is 0 Å². The summed E-state index contributed by atoms with van der Waals surface area (Å²) in [6.45, 7) is 2.27. The van der Waals surface area contributed by atoms with Crippen molar-refractivity contribution >= 4 is 11.8 Å². The summed E-state index contributed by atoms with van der Waals surface area (Å²) in [6.07, 6.45) is 3.41. The molecule has 1 saturated heterocycles. The molecule has 0 aliphatic carbocycles. The molecular weight excluding hydrogens is 336 g/mol. The monoisotopic (exact) mass is 358 g/mol. The lowest BCUT2D eigenvalue weighted by molar-refractivity contribution is -0.131. The average molecular weight is 358 g/mol. The van der Waals surface area contributed by atoms with E-state index in [2.05, 4.69) is 5.10 Å². The predicted octanol–water partition coefficient (Wildman–Crippen LogP) is 0.108. The lowest BCUT2D eigenvalue weighted by Gasteiger charge is -2.34. The van der Waals surface area contributed by atoms with Crippen LogP contribution in [0.15, 0.2) is 36.7 Å². The molecule has 0 saturated carbocycles. The molecule has 2 N–H and O–H groups in total. The Labute approximate surface area is 151 Å². The summed E-state index contributed by atoms with van der Waals surface area (Å²) in [6, 6.07) is 6.60. The molecule has 1 aromatic heterocycles. The third-order valence-electron chi connectivity index (χ3n) is 4.42. The minimum atomic E-state index is -0.111. The molecule has 26 heavy (non-hydrogen) atoms. The number of rotatable bonds is 5. The highest BCUT2D eigenvalue weighted by molar-refractivity contribution is 5.94. The summed E-state index contributed by atoms with van der Waals surface area (Å²) >= 11 is 0. The summed E-state index contributed by atoms with van der Waals surface area (Å²) in [5.74, 6) is 0.0778. The maximum Gasteiger partial charge on any atom is 0.257 e. The molecule has 138 valence electrons. The van der Waals surface area contributed by atoms with Crippen LogP contribution in [0.3, 0.4) is 0 Å². The van der Waals surface area contributed by atoms with Crippen molar-refractivity contribution in [1.29, 1.82) is 0 Å². The van der Waals surface area contributed by atoms with Crippen LogP contribution in [-0.4, -0.2) is 74.4 Å². The van der Waals surface area contributed by atoms with Crippen LogP contribution in [0.1, 0.15) is 15.9 Å². The Hall–Kier alpha value is -2.87. The van der Waals surface area contributed by atoms with Crippen molar-refractivity contribution in [3.63, 3.8) is 0 Å². The number of amides is 2. The number of carbonyl (C=O) groups excluding carboxylic acids is 2. The lowest BCUT2D eigenvalue weighted by atomic mass is 10.1. The number of carbonyl (C=O) groups is 2. The molecule has 0 radical (unpaired) electrons. The fourth-order valence-corrected chi connectivity index (χ4v) is 2.94. The normalized spacial score (nSPS) is 14.5. The standard InChI is InChI=1S/C18H22N4O4/c23-10-9-22-13-15(12-19-22)18(26)21-7-5-20(6-8-21)17(25)11-14-1-3-16(24)4-2-14/h1-4,12-13,23-24H,5-11H2. The van der Waals surface area contributed by atoms with Crippen molar-refractivity contribution in [2.24, 2.45) is 0 Å². The van der Waals surface area contributed by atoms with E-state index in [0.717, 1.165) is 5.56 Å². The highest BCUT2D eigenvalue weighted by Crippen LogP contribution is 2.13. The van der Waals surface area contributed by atoms with Gasteiger partial charge in [0.25, 0.3) is 5.91 Å². The van der Waals surface area contributed by atoms with E-state index in [1.807, 2.05) is 0 Å². The molecule has 2 heterocycles. The summed E-state index contributed by atoms with van der Waals surface area (Å²) in [7, 11) is 0. The zero-order chi connectivity index (χ0) is 18.5. The molecule has 0 spiro atoms. The van der Waals surface area contributed by atoms with Gasteiger partial charge in [-0.2, -0.15) is 5.10 Å². The molecule has 1 aliphatic heterocycles. The molecule has 1 aromatic carbocycles. The number of aliphatic hydroxyl groups is 1. The first-order valence-corrected chi connectivity index (χ1v) is 8.55. The first-order valence-electron chi connectivity index (χ1n) is 8.55. The van der Waals surface area contributed by atoms with Gasteiger partial charge in [-0.05, 0) is 17.7 Å². The van der Waals surface area contributed by atoms with Gasteiger partial charge in [0.1, 0.15) is 5.75 Å². The van der Waals surface area contributed by atoms with Gasteiger partial charge in [-0.15, -0.1) is 0 Å². The molecule has 3 rings (SSSR count). The molecule has 8 heteroatoms. The number of hydrogen-bond donors (Lipinski definition) is 2. The van der Waals surface area contributed by atoms with Crippen LogP contribution in [0.25, 0.3) is 0 Å². The zero-order valence-electron chi connectivity index (χ0n) is 14.4. The number of nitrogens with zero attached hydrogens (tertiary/aromatic N) is 4. The van der Waals surface area contributed by atoms with Crippen molar-refractivity contribution in [2.75, 3.05) is 32.8 Å². The van der Waals surface area contributed by atoms with E-state index in [0.29, 0.717) is 38.3 Å². The summed E-state index contributed by atoms with van der Waals surface area (Å²) in [4.78, 5) is 28.4. The van der Waals surface area contributed by atoms with Crippen molar-refractivity contribution < 1.29 is 19.8 Å². The molecule has 0 atom stereocenters. The van der Waals surface area contributed by atoms with Gasteiger partial charge in [0.15, 0.2) is 0 Å². The Balaban J connectivity index is 1.52. The fourth-order valence-electron chi connectivity index (χ4n) is 2.94. The van der Waals surface area contributed by atoms with Gasteiger partial charge in [-0.25, -0.2) is 0 Å². The lowest BCUT2D eigenvalue weighted by Crippen LogP contribution is -2.50. The molecule has 0 bridgehead atoms. The van der Waals surface area contributed by atoms with E-state index >= 15 is 0 Å². The maximum atomic E-state index is 12.5. The molecule has 0 unspecified atom stereocenters. The molecule has 8 nitrogen and oxygen atoms in total. The highest BCUT2D eigenvalue weighted by Gasteiger charge is 2.25. The fraction of sp³-hybridized carbons (Fsp3) is 0.389.